The summed E-state index contributed by atoms with van der Waals surface area (Å²) in [6, 6.07) is 0. The van der Waals surface area contributed by atoms with Gasteiger partial charge in [0.25, 0.3) is 0 Å². The Labute approximate surface area is 89.1 Å². The molecular formula is C14H24. The first-order chi connectivity index (χ1) is 6.86. The van der Waals surface area contributed by atoms with Crippen molar-refractivity contribution in [2.45, 2.75) is 51.4 Å². The zero-order valence-electron chi connectivity index (χ0n) is 9.38. The monoisotopic (exact) mass is 192 g/mol. The Kier molecular flexibility index (Phi) is 5.66. The highest BCUT2D eigenvalue weighted by atomic mass is 14.2. The van der Waals surface area contributed by atoms with Gasteiger partial charge in [-0.25, -0.2) is 0 Å². The van der Waals surface area contributed by atoms with Crippen LogP contribution in [0.2, 0.25) is 0 Å². The van der Waals surface area contributed by atoms with Crippen LogP contribution in [0, 0.1) is 11.8 Å². The van der Waals surface area contributed by atoms with Gasteiger partial charge in [-0.3, -0.25) is 0 Å². The third-order valence-corrected chi connectivity index (χ3v) is 3.50. The second-order valence-corrected chi connectivity index (χ2v) is 4.59. The van der Waals surface area contributed by atoms with Crippen LogP contribution in [-0.2, 0) is 0 Å². The number of hydrogen-bond donors (Lipinski definition) is 0. The van der Waals surface area contributed by atoms with E-state index >= 15 is 0 Å². The minimum atomic E-state index is 0.819. The fourth-order valence-corrected chi connectivity index (χ4v) is 2.43. The maximum Gasteiger partial charge on any atom is -0.0236 e. The molecule has 1 rings (SSSR count). The number of hydrogen-bond acceptors (Lipinski definition) is 0. The SMILES string of the molecule is C=CCCCCC1CCC(C=C)CC1. The Bertz CT molecular complexity index is 161. The van der Waals surface area contributed by atoms with E-state index in [0.717, 1.165) is 11.8 Å². The molecule has 1 saturated carbocycles. The van der Waals surface area contributed by atoms with Gasteiger partial charge >= 0.3 is 0 Å². The highest BCUT2D eigenvalue weighted by Gasteiger charge is 2.18. The summed E-state index contributed by atoms with van der Waals surface area (Å²) in [6.07, 6.45) is 15.2. The van der Waals surface area contributed by atoms with Crippen LogP contribution < -0.4 is 0 Å². The molecule has 0 heterocycles. The molecule has 0 saturated heterocycles. The van der Waals surface area contributed by atoms with Crippen LogP contribution in [-0.4, -0.2) is 0 Å². The summed E-state index contributed by atoms with van der Waals surface area (Å²) < 4.78 is 0. The molecule has 0 bridgehead atoms. The molecule has 0 aromatic rings. The van der Waals surface area contributed by atoms with Gasteiger partial charge in [0.15, 0.2) is 0 Å². The van der Waals surface area contributed by atoms with Gasteiger partial charge in [-0.05, 0) is 50.4 Å². The predicted octanol–water partition coefficient (Wildman–Crippen LogP) is 4.73. The van der Waals surface area contributed by atoms with Gasteiger partial charge in [0, 0.05) is 0 Å². The van der Waals surface area contributed by atoms with Crippen molar-refractivity contribution in [1.29, 1.82) is 0 Å². The minimum Gasteiger partial charge on any atom is -0.103 e. The molecule has 0 nitrogen and oxygen atoms in total. The van der Waals surface area contributed by atoms with Gasteiger partial charge < -0.3 is 0 Å². The van der Waals surface area contributed by atoms with Gasteiger partial charge in [0.2, 0.25) is 0 Å². The summed E-state index contributed by atoms with van der Waals surface area (Å²) in [4.78, 5) is 0. The maximum absolute atomic E-state index is 3.88. The molecule has 0 aromatic heterocycles. The van der Waals surface area contributed by atoms with Crippen molar-refractivity contribution < 1.29 is 0 Å². The quantitative estimate of drug-likeness (QED) is 0.422. The summed E-state index contributed by atoms with van der Waals surface area (Å²) in [7, 11) is 0. The van der Waals surface area contributed by atoms with Crippen molar-refractivity contribution in [3.05, 3.63) is 25.3 Å². The molecular weight excluding hydrogens is 168 g/mol. The summed E-state index contributed by atoms with van der Waals surface area (Å²) in [6.45, 7) is 7.64. The predicted molar refractivity (Wildman–Crippen MR) is 64.3 cm³/mol. The Morgan fingerprint density at radius 1 is 1.00 bits per heavy atom. The second kappa shape index (κ2) is 6.86. The Hall–Kier alpha value is -0.520. The van der Waals surface area contributed by atoms with Crippen molar-refractivity contribution in [3.8, 4) is 0 Å². The molecule has 0 spiro atoms. The number of unbranched alkanes of at least 4 members (excludes halogenated alkanes) is 2. The molecule has 0 heteroatoms. The van der Waals surface area contributed by atoms with Crippen molar-refractivity contribution in [3.63, 3.8) is 0 Å². The van der Waals surface area contributed by atoms with Crippen LogP contribution in [0.5, 0.6) is 0 Å². The largest absolute Gasteiger partial charge is 0.103 e. The molecule has 14 heavy (non-hydrogen) atoms. The summed E-state index contributed by atoms with van der Waals surface area (Å²) in [5.41, 5.74) is 0. The van der Waals surface area contributed by atoms with E-state index in [-0.39, 0.29) is 0 Å². The third-order valence-electron chi connectivity index (χ3n) is 3.50. The average Bonchev–Trinajstić information content (AvgIpc) is 2.25. The van der Waals surface area contributed by atoms with Crippen LogP contribution >= 0.6 is 0 Å². The van der Waals surface area contributed by atoms with E-state index in [1.54, 1.807) is 0 Å². The van der Waals surface area contributed by atoms with Crippen molar-refractivity contribution in [2.75, 3.05) is 0 Å². The van der Waals surface area contributed by atoms with Crippen LogP contribution in [0.3, 0.4) is 0 Å². The van der Waals surface area contributed by atoms with E-state index in [9.17, 15) is 0 Å². The summed E-state index contributed by atoms with van der Waals surface area (Å²) in [5, 5.41) is 0. The van der Waals surface area contributed by atoms with Gasteiger partial charge in [0.1, 0.15) is 0 Å². The van der Waals surface area contributed by atoms with Crippen molar-refractivity contribution in [2.24, 2.45) is 11.8 Å². The van der Waals surface area contributed by atoms with Crippen LogP contribution in [0.15, 0.2) is 25.3 Å². The molecule has 0 radical (unpaired) electrons. The molecule has 0 N–H and O–H groups in total. The first kappa shape index (κ1) is 11.6. The molecule has 0 amide bonds. The first-order valence-corrected chi connectivity index (χ1v) is 6.10. The first-order valence-electron chi connectivity index (χ1n) is 6.10. The normalized spacial score (nSPS) is 27.1. The molecule has 1 aliphatic rings. The molecule has 0 aliphatic heterocycles. The van der Waals surface area contributed by atoms with Crippen molar-refractivity contribution >= 4 is 0 Å². The van der Waals surface area contributed by atoms with Gasteiger partial charge in [0.05, 0.1) is 0 Å². The summed E-state index contributed by atoms with van der Waals surface area (Å²) in [5.74, 6) is 1.83. The van der Waals surface area contributed by atoms with E-state index in [1.165, 1.54) is 51.4 Å². The Morgan fingerprint density at radius 3 is 2.29 bits per heavy atom. The Balaban J connectivity index is 2.04. The maximum atomic E-state index is 3.88. The number of rotatable bonds is 6. The highest BCUT2D eigenvalue weighted by molar-refractivity contribution is 4.84. The topological polar surface area (TPSA) is 0 Å². The van der Waals surface area contributed by atoms with E-state index in [4.69, 9.17) is 0 Å². The molecule has 1 aliphatic carbocycles. The molecule has 0 unspecified atom stereocenters. The molecule has 80 valence electrons. The fourth-order valence-electron chi connectivity index (χ4n) is 2.43. The zero-order valence-corrected chi connectivity index (χ0v) is 9.38. The standard InChI is InChI=1S/C14H24/c1-3-5-6-7-8-14-11-9-13(4-2)10-12-14/h3-4,13-14H,1-2,5-12H2. The van der Waals surface area contributed by atoms with E-state index in [1.807, 2.05) is 6.08 Å². The fraction of sp³-hybridized carbons (Fsp3) is 0.714. The van der Waals surface area contributed by atoms with Crippen LogP contribution in [0.1, 0.15) is 51.4 Å². The van der Waals surface area contributed by atoms with Gasteiger partial charge in [-0.2, -0.15) is 0 Å². The van der Waals surface area contributed by atoms with E-state index < -0.39 is 0 Å². The lowest BCUT2D eigenvalue weighted by Crippen LogP contribution is -2.12. The van der Waals surface area contributed by atoms with E-state index in [0.29, 0.717) is 0 Å². The lowest BCUT2D eigenvalue weighted by molar-refractivity contribution is 0.290. The summed E-state index contributed by atoms with van der Waals surface area (Å²) >= 11 is 0. The van der Waals surface area contributed by atoms with Gasteiger partial charge in [-0.15, -0.1) is 13.2 Å². The lowest BCUT2D eigenvalue weighted by Gasteiger charge is -2.26. The minimum absolute atomic E-state index is 0.819. The second-order valence-electron chi connectivity index (χ2n) is 4.59. The van der Waals surface area contributed by atoms with E-state index in [2.05, 4.69) is 19.2 Å². The lowest BCUT2D eigenvalue weighted by atomic mass is 9.80. The smallest absolute Gasteiger partial charge is 0.0236 e. The van der Waals surface area contributed by atoms with Crippen LogP contribution in [0.4, 0.5) is 0 Å². The average molecular weight is 192 g/mol. The zero-order chi connectivity index (χ0) is 10.2. The molecule has 0 atom stereocenters. The third kappa shape index (κ3) is 4.13. The van der Waals surface area contributed by atoms with Crippen LogP contribution in [0.25, 0.3) is 0 Å². The van der Waals surface area contributed by atoms with Crippen molar-refractivity contribution in [1.82, 2.24) is 0 Å². The molecule has 0 aromatic carbocycles. The highest BCUT2D eigenvalue weighted by Crippen LogP contribution is 2.32. The number of allylic oxidation sites excluding steroid dienone is 2. The Morgan fingerprint density at radius 2 is 1.71 bits per heavy atom. The molecule has 1 fully saturated rings. The van der Waals surface area contributed by atoms with Gasteiger partial charge in [-0.1, -0.05) is 25.0 Å².